The molecule has 0 bridgehead atoms. The molecule has 0 unspecified atom stereocenters. The van der Waals surface area contributed by atoms with Crippen LogP contribution >= 0.6 is 11.8 Å². The monoisotopic (exact) mass is 627 g/mol. The Balaban J connectivity index is 1.18. The minimum Gasteiger partial charge on any atom is -0.457 e. The molecule has 2 aromatic carbocycles. The average molecular weight is 628 g/mol. The number of thioether (sulfide) groups is 1. The summed E-state index contributed by atoms with van der Waals surface area (Å²) in [4.78, 5) is 32.6. The lowest BCUT2D eigenvalue weighted by molar-refractivity contribution is -0.116. The van der Waals surface area contributed by atoms with E-state index >= 15 is 0 Å². The van der Waals surface area contributed by atoms with Crippen LogP contribution in [0.3, 0.4) is 0 Å². The van der Waals surface area contributed by atoms with Gasteiger partial charge >= 0.3 is 6.03 Å². The van der Waals surface area contributed by atoms with Crippen molar-refractivity contribution in [1.29, 1.82) is 0 Å². The number of fused-ring (bicyclic) bond motifs is 1. The van der Waals surface area contributed by atoms with E-state index in [0.29, 0.717) is 41.7 Å². The number of rotatable bonds is 9. The Morgan fingerprint density at radius 3 is 2.73 bits per heavy atom. The Morgan fingerprint density at radius 1 is 1.09 bits per heavy atom. The fraction of sp³-hybridized carbons (Fsp3) is 0.333. The third-order valence-corrected chi connectivity index (χ3v) is 8.53. The molecule has 0 spiro atoms. The smallest absolute Gasteiger partial charge is 0.324 e. The van der Waals surface area contributed by atoms with E-state index in [-0.39, 0.29) is 17.9 Å². The van der Waals surface area contributed by atoms with E-state index in [0.717, 1.165) is 54.7 Å². The minimum atomic E-state index is -0.376. The maximum absolute atomic E-state index is 13.3. The van der Waals surface area contributed by atoms with Crippen LogP contribution in [0, 0.1) is 0 Å². The first-order valence-corrected chi connectivity index (χ1v) is 16.3. The van der Waals surface area contributed by atoms with Crippen LogP contribution in [0.25, 0.3) is 5.69 Å². The van der Waals surface area contributed by atoms with Crippen LogP contribution in [0.2, 0.25) is 0 Å². The van der Waals surface area contributed by atoms with Gasteiger partial charge in [0.05, 0.1) is 30.3 Å². The van der Waals surface area contributed by atoms with Gasteiger partial charge in [0, 0.05) is 48.8 Å². The summed E-state index contributed by atoms with van der Waals surface area (Å²) in [7, 11) is 0. The molecule has 0 saturated carbocycles. The number of ether oxygens (including phenoxy) is 2. The maximum atomic E-state index is 13.3. The van der Waals surface area contributed by atoms with Gasteiger partial charge in [0.15, 0.2) is 0 Å². The fourth-order valence-electron chi connectivity index (χ4n) is 5.36. The van der Waals surface area contributed by atoms with E-state index < -0.39 is 0 Å². The molecular formula is C33H37N7O4S. The first kappa shape index (κ1) is 30.6. The number of urea groups is 1. The third kappa shape index (κ3) is 7.30. The highest BCUT2D eigenvalue weighted by Crippen LogP contribution is 2.36. The summed E-state index contributed by atoms with van der Waals surface area (Å²) in [6.07, 6.45) is 4.51. The molecule has 0 aliphatic carbocycles. The molecule has 4 aromatic rings. The van der Waals surface area contributed by atoms with Crippen LogP contribution in [0.5, 0.6) is 11.5 Å². The van der Waals surface area contributed by atoms with E-state index in [2.05, 4.69) is 51.8 Å². The normalized spacial score (nSPS) is 15.0. The van der Waals surface area contributed by atoms with E-state index in [4.69, 9.17) is 14.6 Å². The van der Waals surface area contributed by atoms with Gasteiger partial charge in [-0.2, -0.15) is 5.10 Å². The standard InChI is InChI=1S/C33H37N7O4S/c1-21(2)27-19-30(40(38-27)23-6-4-5-22(17-23)20-39-13-15-43-16-14-39)36-33(42)35-26-9-7-24(18-29(26)45-3)44-28-11-12-34-32-25(28)8-10-31(41)37-32/h4-7,9,11-12,17-19,21H,8,10,13-16,20H2,1-3H3,(H,34,37,41)(H2,35,36,42). The average Bonchev–Trinajstić information content (AvgIpc) is 3.46. The number of carbonyl (C=O) groups is 2. The minimum absolute atomic E-state index is 0.0497. The molecule has 4 heterocycles. The molecule has 11 nitrogen and oxygen atoms in total. The van der Waals surface area contributed by atoms with Gasteiger partial charge in [0.2, 0.25) is 5.91 Å². The van der Waals surface area contributed by atoms with Gasteiger partial charge in [-0.25, -0.2) is 14.5 Å². The summed E-state index contributed by atoms with van der Waals surface area (Å²) < 4.78 is 13.5. The third-order valence-electron chi connectivity index (χ3n) is 7.75. The van der Waals surface area contributed by atoms with Crippen molar-refractivity contribution >= 4 is 41.0 Å². The summed E-state index contributed by atoms with van der Waals surface area (Å²) in [6, 6.07) is 17.1. The van der Waals surface area contributed by atoms with Gasteiger partial charge < -0.3 is 20.1 Å². The molecule has 6 rings (SSSR count). The summed E-state index contributed by atoms with van der Waals surface area (Å²) in [5, 5.41) is 13.7. The molecule has 2 aliphatic heterocycles. The van der Waals surface area contributed by atoms with Crippen LogP contribution in [0.4, 0.5) is 22.1 Å². The highest BCUT2D eigenvalue weighted by atomic mass is 32.2. The number of nitrogens with zero attached hydrogens (tertiary/aromatic N) is 4. The van der Waals surface area contributed by atoms with E-state index in [1.807, 2.05) is 42.7 Å². The number of hydrogen-bond donors (Lipinski definition) is 3. The second kappa shape index (κ2) is 13.7. The lowest BCUT2D eigenvalue weighted by Crippen LogP contribution is -2.35. The topological polar surface area (TPSA) is 123 Å². The number of anilines is 3. The molecule has 0 radical (unpaired) electrons. The molecule has 3 amide bonds. The van der Waals surface area contributed by atoms with Crippen molar-refractivity contribution in [2.75, 3.05) is 48.5 Å². The van der Waals surface area contributed by atoms with Crippen molar-refractivity contribution in [3.63, 3.8) is 0 Å². The predicted molar refractivity (Wildman–Crippen MR) is 176 cm³/mol. The number of morpholine rings is 1. The van der Waals surface area contributed by atoms with Crippen molar-refractivity contribution < 1.29 is 19.1 Å². The highest BCUT2D eigenvalue weighted by molar-refractivity contribution is 7.98. The van der Waals surface area contributed by atoms with Crippen LogP contribution in [0.15, 0.2) is 65.7 Å². The number of carbonyl (C=O) groups excluding carboxylic acids is 2. The number of hydrogen-bond acceptors (Lipinski definition) is 8. The Labute approximate surface area is 266 Å². The highest BCUT2D eigenvalue weighted by Gasteiger charge is 2.21. The van der Waals surface area contributed by atoms with Crippen molar-refractivity contribution in [2.24, 2.45) is 0 Å². The SMILES string of the molecule is CSc1cc(Oc2ccnc3c2CCC(=O)N3)ccc1NC(=O)Nc1cc(C(C)C)nn1-c1cccc(CN2CCOCC2)c1. The lowest BCUT2D eigenvalue weighted by Gasteiger charge is -2.26. The molecule has 2 aromatic heterocycles. The molecule has 234 valence electrons. The molecule has 12 heteroatoms. The predicted octanol–water partition coefficient (Wildman–Crippen LogP) is 6.27. The van der Waals surface area contributed by atoms with Crippen molar-refractivity contribution in [3.8, 4) is 17.2 Å². The quantitative estimate of drug-likeness (QED) is 0.186. The first-order chi connectivity index (χ1) is 21.9. The first-order valence-electron chi connectivity index (χ1n) is 15.1. The molecule has 1 saturated heterocycles. The van der Waals surface area contributed by atoms with Gasteiger partial charge in [-0.15, -0.1) is 11.8 Å². The lowest BCUT2D eigenvalue weighted by atomic mass is 10.1. The van der Waals surface area contributed by atoms with Crippen LogP contribution in [-0.2, 0) is 22.5 Å². The van der Waals surface area contributed by atoms with E-state index in [1.165, 1.54) is 17.3 Å². The summed E-state index contributed by atoms with van der Waals surface area (Å²) in [5.74, 6) is 2.52. The molecule has 1 fully saturated rings. The Morgan fingerprint density at radius 2 is 1.93 bits per heavy atom. The van der Waals surface area contributed by atoms with Crippen LogP contribution in [0.1, 0.15) is 43.0 Å². The summed E-state index contributed by atoms with van der Waals surface area (Å²) in [6.45, 7) is 8.31. The zero-order chi connectivity index (χ0) is 31.3. The Bertz CT molecular complexity index is 1700. The number of pyridine rings is 1. The largest absolute Gasteiger partial charge is 0.457 e. The van der Waals surface area contributed by atoms with Crippen molar-refractivity contribution in [2.45, 2.75) is 44.0 Å². The van der Waals surface area contributed by atoms with Gasteiger partial charge in [0.1, 0.15) is 23.1 Å². The Hall–Kier alpha value is -4.39. The Kier molecular flexibility index (Phi) is 9.34. The zero-order valence-electron chi connectivity index (χ0n) is 25.6. The van der Waals surface area contributed by atoms with Gasteiger partial charge in [-0.3, -0.25) is 15.0 Å². The maximum Gasteiger partial charge on any atom is 0.324 e. The zero-order valence-corrected chi connectivity index (χ0v) is 26.4. The van der Waals surface area contributed by atoms with Crippen LogP contribution < -0.4 is 20.7 Å². The second-order valence-electron chi connectivity index (χ2n) is 11.3. The second-order valence-corrected chi connectivity index (χ2v) is 12.2. The van der Waals surface area contributed by atoms with E-state index in [9.17, 15) is 9.59 Å². The van der Waals surface area contributed by atoms with E-state index in [1.54, 1.807) is 16.9 Å². The number of amides is 3. The van der Waals surface area contributed by atoms with Gasteiger partial charge in [-0.05, 0) is 60.6 Å². The fourth-order valence-corrected chi connectivity index (χ4v) is 5.93. The molecule has 3 N–H and O–H groups in total. The molecule has 2 aliphatic rings. The number of aromatic nitrogens is 3. The molecule has 0 atom stereocenters. The molecule has 45 heavy (non-hydrogen) atoms. The van der Waals surface area contributed by atoms with Gasteiger partial charge in [0.25, 0.3) is 0 Å². The van der Waals surface area contributed by atoms with Crippen molar-refractivity contribution in [1.82, 2.24) is 19.7 Å². The van der Waals surface area contributed by atoms with Crippen LogP contribution in [-0.4, -0.2) is 64.2 Å². The number of benzene rings is 2. The summed E-state index contributed by atoms with van der Waals surface area (Å²) >= 11 is 1.50. The summed E-state index contributed by atoms with van der Waals surface area (Å²) in [5.41, 5.74) is 4.46. The van der Waals surface area contributed by atoms with Crippen molar-refractivity contribution in [3.05, 3.63) is 77.6 Å². The molecular weight excluding hydrogens is 590 g/mol. The van der Waals surface area contributed by atoms with Gasteiger partial charge in [-0.1, -0.05) is 26.0 Å². The number of nitrogens with one attached hydrogen (secondary N) is 3.